The zero-order valence-electron chi connectivity index (χ0n) is 7.77. The number of aliphatic imine (C=N–C) groups is 1. The van der Waals surface area contributed by atoms with E-state index in [1.54, 1.807) is 0 Å². The molecule has 1 aromatic rings. The molecule has 0 radical (unpaired) electrons. The van der Waals surface area contributed by atoms with Crippen molar-refractivity contribution in [3.05, 3.63) is 11.4 Å². The fraction of sp³-hybridized carbons (Fsp3) is 0.500. The third kappa shape index (κ3) is 1.78. The monoisotopic (exact) mass is 192 g/mol. The molecule has 0 atom stereocenters. The number of guanidine groups is 1. The van der Waals surface area contributed by atoms with Gasteiger partial charge in [-0.3, -0.25) is 0 Å². The number of nitrogens with two attached hydrogens (primary N) is 2. The van der Waals surface area contributed by atoms with Crippen molar-refractivity contribution in [3.63, 3.8) is 0 Å². The van der Waals surface area contributed by atoms with E-state index < -0.39 is 0 Å². The Bertz CT molecular complexity index is 368. The van der Waals surface area contributed by atoms with Gasteiger partial charge >= 0.3 is 0 Å². The first-order valence-electron chi connectivity index (χ1n) is 4.58. The fourth-order valence-corrected chi connectivity index (χ4v) is 1.51. The molecule has 6 heteroatoms. The summed E-state index contributed by atoms with van der Waals surface area (Å²) in [6, 6.07) is 0. The Morgan fingerprint density at radius 1 is 1.07 bits per heavy atom. The summed E-state index contributed by atoms with van der Waals surface area (Å²) in [7, 11) is 0. The van der Waals surface area contributed by atoms with Crippen molar-refractivity contribution in [2.75, 3.05) is 0 Å². The number of rotatable bonds is 1. The summed E-state index contributed by atoms with van der Waals surface area (Å²) in [5, 5.41) is 7.87. The Balaban J connectivity index is 2.34. The highest BCUT2D eigenvalue weighted by atomic mass is 15.2. The van der Waals surface area contributed by atoms with Gasteiger partial charge in [0, 0.05) is 0 Å². The maximum absolute atomic E-state index is 5.22. The molecule has 0 aromatic carbocycles. The first-order chi connectivity index (χ1) is 6.75. The van der Waals surface area contributed by atoms with Gasteiger partial charge in [0.2, 0.25) is 0 Å². The van der Waals surface area contributed by atoms with E-state index in [1.165, 1.54) is 0 Å². The molecule has 0 unspecified atom stereocenters. The van der Waals surface area contributed by atoms with E-state index in [1.807, 2.05) is 0 Å². The van der Waals surface area contributed by atoms with Crippen LogP contribution in [0.2, 0.25) is 0 Å². The topological polar surface area (TPSA) is 103 Å². The fourth-order valence-electron chi connectivity index (χ4n) is 1.51. The van der Waals surface area contributed by atoms with Crippen LogP contribution in [-0.2, 0) is 12.8 Å². The van der Waals surface area contributed by atoms with Gasteiger partial charge in [0.25, 0.3) is 5.95 Å². The zero-order chi connectivity index (χ0) is 9.97. The minimum atomic E-state index is -0.0393. The minimum absolute atomic E-state index is 0.0393. The molecular formula is C8H12N6. The number of aromatic nitrogens is 3. The van der Waals surface area contributed by atoms with E-state index in [-0.39, 0.29) is 11.9 Å². The Labute approximate surface area is 81.5 Å². The van der Waals surface area contributed by atoms with E-state index in [0.29, 0.717) is 0 Å². The second kappa shape index (κ2) is 3.57. The molecule has 0 amide bonds. The van der Waals surface area contributed by atoms with Crippen LogP contribution in [0.5, 0.6) is 0 Å². The maximum Gasteiger partial charge on any atom is 0.272 e. The van der Waals surface area contributed by atoms with Crippen LogP contribution in [0.25, 0.3) is 0 Å². The standard InChI is InChI=1S/C8H12N6/c9-7(10)12-8-11-5-3-1-2-4-6(5)13-14-8/h1-4H2,(H4,9,10,11,12,14). The first-order valence-corrected chi connectivity index (χ1v) is 4.58. The second-order valence-electron chi connectivity index (χ2n) is 3.25. The molecular weight excluding hydrogens is 180 g/mol. The quantitative estimate of drug-likeness (QED) is 0.468. The molecule has 6 nitrogen and oxygen atoms in total. The predicted octanol–water partition coefficient (Wildman–Crippen LogP) is -0.345. The Hall–Kier alpha value is -1.72. The van der Waals surface area contributed by atoms with Gasteiger partial charge in [0.1, 0.15) is 0 Å². The van der Waals surface area contributed by atoms with Crippen LogP contribution in [-0.4, -0.2) is 21.1 Å². The number of aryl methyl sites for hydroxylation is 2. The van der Waals surface area contributed by atoms with Gasteiger partial charge in [0.15, 0.2) is 5.96 Å². The van der Waals surface area contributed by atoms with Crippen LogP contribution < -0.4 is 11.5 Å². The van der Waals surface area contributed by atoms with Gasteiger partial charge in [-0.2, -0.15) is 4.99 Å². The lowest BCUT2D eigenvalue weighted by molar-refractivity contribution is 0.633. The van der Waals surface area contributed by atoms with Gasteiger partial charge in [-0.1, -0.05) is 0 Å². The molecule has 0 saturated carbocycles. The van der Waals surface area contributed by atoms with Crippen LogP contribution >= 0.6 is 0 Å². The summed E-state index contributed by atoms with van der Waals surface area (Å²) in [6.07, 6.45) is 4.20. The number of fused-ring (bicyclic) bond motifs is 1. The normalized spacial score (nSPS) is 14.6. The van der Waals surface area contributed by atoms with Gasteiger partial charge in [-0.05, 0) is 25.7 Å². The van der Waals surface area contributed by atoms with E-state index in [4.69, 9.17) is 11.5 Å². The molecule has 14 heavy (non-hydrogen) atoms. The zero-order valence-corrected chi connectivity index (χ0v) is 7.77. The Morgan fingerprint density at radius 2 is 1.79 bits per heavy atom. The predicted molar refractivity (Wildman–Crippen MR) is 51.9 cm³/mol. The molecule has 2 rings (SSSR count). The highest BCUT2D eigenvalue weighted by molar-refractivity contribution is 5.77. The van der Waals surface area contributed by atoms with Gasteiger partial charge in [-0.15, -0.1) is 10.2 Å². The molecule has 0 bridgehead atoms. The van der Waals surface area contributed by atoms with Gasteiger partial charge < -0.3 is 11.5 Å². The van der Waals surface area contributed by atoms with Crippen LogP contribution in [0.1, 0.15) is 24.2 Å². The average Bonchev–Trinajstić information content (AvgIpc) is 2.17. The third-order valence-corrected chi connectivity index (χ3v) is 2.13. The summed E-state index contributed by atoms with van der Waals surface area (Å²) in [5.74, 6) is 0.216. The second-order valence-corrected chi connectivity index (χ2v) is 3.25. The molecule has 4 N–H and O–H groups in total. The van der Waals surface area contributed by atoms with Gasteiger partial charge in [-0.25, -0.2) is 4.98 Å². The van der Waals surface area contributed by atoms with Crippen molar-refractivity contribution >= 4 is 11.9 Å². The summed E-state index contributed by atoms with van der Waals surface area (Å²) in [5.41, 5.74) is 12.4. The van der Waals surface area contributed by atoms with E-state index >= 15 is 0 Å². The molecule has 1 aliphatic carbocycles. The molecule has 1 heterocycles. The van der Waals surface area contributed by atoms with Crippen LogP contribution in [0.4, 0.5) is 5.95 Å². The van der Waals surface area contributed by atoms with Gasteiger partial charge in [0.05, 0.1) is 11.4 Å². The molecule has 0 fully saturated rings. The maximum atomic E-state index is 5.22. The summed E-state index contributed by atoms with van der Waals surface area (Å²) >= 11 is 0. The highest BCUT2D eigenvalue weighted by Gasteiger charge is 2.13. The summed E-state index contributed by atoms with van der Waals surface area (Å²) in [6.45, 7) is 0. The van der Waals surface area contributed by atoms with E-state index in [2.05, 4.69) is 20.2 Å². The minimum Gasteiger partial charge on any atom is -0.370 e. The highest BCUT2D eigenvalue weighted by Crippen LogP contribution is 2.17. The molecule has 0 spiro atoms. The lowest BCUT2D eigenvalue weighted by Crippen LogP contribution is -2.22. The SMILES string of the molecule is NC(N)=Nc1nnc2c(n1)CCCC2. The molecule has 74 valence electrons. The van der Waals surface area contributed by atoms with E-state index in [9.17, 15) is 0 Å². The molecule has 0 aliphatic heterocycles. The smallest absolute Gasteiger partial charge is 0.272 e. The summed E-state index contributed by atoms with van der Waals surface area (Å²) < 4.78 is 0. The number of hydrogen-bond acceptors (Lipinski definition) is 4. The molecule has 1 aromatic heterocycles. The van der Waals surface area contributed by atoms with Crippen molar-refractivity contribution in [3.8, 4) is 0 Å². The number of nitrogens with zero attached hydrogens (tertiary/aromatic N) is 4. The van der Waals surface area contributed by atoms with Crippen LogP contribution in [0, 0.1) is 0 Å². The largest absolute Gasteiger partial charge is 0.370 e. The third-order valence-electron chi connectivity index (χ3n) is 2.13. The van der Waals surface area contributed by atoms with E-state index in [0.717, 1.165) is 37.1 Å². The van der Waals surface area contributed by atoms with Crippen molar-refractivity contribution < 1.29 is 0 Å². The average molecular weight is 192 g/mol. The molecule has 0 saturated heterocycles. The summed E-state index contributed by atoms with van der Waals surface area (Å²) in [4.78, 5) is 7.99. The van der Waals surface area contributed by atoms with Crippen molar-refractivity contribution in [2.24, 2.45) is 16.5 Å². The van der Waals surface area contributed by atoms with Crippen molar-refractivity contribution in [2.45, 2.75) is 25.7 Å². The van der Waals surface area contributed by atoms with Crippen LogP contribution in [0.15, 0.2) is 4.99 Å². The van der Waals surface area contributed by atoms with Crippen molar-refractivity contribution in [1.82, 2.24) is 15.2 Å². The lowest BCUT2D eigenvalue weighted by Gasteiger charge is -2.11. The lowest BCUT2D eigenvalue weighted by atomic mass is 10.0. The Morgan fingerprint density at radius 3 is 2.50 bits per heavy atom. The number of hydrogen-bond donors (Lipinski definition) is 2. The first kappa shape index (κ1) is 8.86. The van der Waals surface area contributed by atoms with Crippen LogP contribution in [0.3, 0.4) is 0 Å². The molecule has 1 aliphatic rings. The Kier molecular flexibility index (Phi) is 2.26. The van der Waals surface area contributed by atoms with Crippen molar-refractivity contribution in [1.29, 1.82) is 0 Å².